The Bertz CT molecular complexity index is 458. The van der Waals surface area contributed by atoms with Gasteiger partial charge in [0.15, 0.2) is 0 Å². The van der Waals surface area contributed by atoms with Crippen LogP contribution in [0.4, 0.5) is 0 Å². The highest BCUT2D eigenvalue weighted by Gasteiger charge is 2.59. The molecule has 3 aliphatic carbocycles. The fourth-order valence-electron chi connectivity index (χ4n) is 4.50. The van der Waals surface area contributed by atoms with E-state index in [0.29, 0.717) is 11.8 Å². The van der Waals surface area contributed by atoms with Crippen molar-refractivity contribution in [2.45, 2.75) is 50.7 Å². The Hall–Kier alpha value is -0.860. The molecular formula is C17H24O2. The number of methoxy groups -OCH3 is 1. The molecule has 3 fully saturated rings. The van der Waals surface area contributed by atoms with Gasteiger partial charge in [-0.05, 0) is 43.6 Å². The first kappa shape index (κ1) is 13.1. The molecule has 0 amide bonds. The number of hydrogen-bond acceptors (Lipinski definition) is 2. The van der Waals surface area contributed by atoms with Crippen molar-refractivity contribution in [3.8, 4) is 0 Å². The molecule has 19 heavy (non-hydrogen) atoms. The molecule has 0 radical (unpaired) electrons. The van der Waals surface area contributed by atoms with Gasteiger partial charge in [0.1, 0.15) is 0 Å². The summed E-state index contributed by atoms with van der Waals surface area (Å²) in [5, 5.41) is 10.6. The third-order valence-electron chi connectivity index (χ3n) is 5.85. The molecule has 0 aliphatic heterocycles. The lowest BCUT2D eigenvalue weighted by molar-refractivity contribution is -0.194. The van der Waals surface area contributed by atoms with Crippen LogP contribution in [0, 0.1) is 11.3 Å². The molecule has 1 aromatic carbocycles. The number of aliphatic hydroxyl groups excluding tert-OH is 1. The monoisotopic (exact) mass is 260 g/mol. The first-order valence-corrected chi connectivity index (χ1v) is 7.28. The molecular weight excluding hydrogens is 236 g/mol. The van der Waals surface area contributed by atoms with Crippen LogP contribution in [0.25, 0.3) is 0 Å². The van der Waals surface area contributed by atoms with Gasteiger partial charge in [-0.15, -0.1) is 0 Å². The molecule has 0 saturated heterocycles. The van der Waals surface area contributed by atoms with E-state index in [4.69, 9.17) is 4.74 Å². The number of ether oxygens (including phenoxy) is 1. The third-order valence-corrected chi connectivity index (χ3v) is 5.85. The van der Waals surface area contributed by atoms with E-state index in [1.165, 1.54) is 5.56 Å². The Morgan fingerprint density at radius 1 is 1.16 bits per heavy atom. The van der Waals surface area contributed by atoms with E-state index in [0.717, 1.165) is 19.3 Å². The standard InChI is InChI=1S/C17H24O2/c1-16-11-17(2,19-3)13(10-15(16)18)9-14(16)12-7-5-4-6-8-12/h4-8,13-15,18H,9-11H2,1-3H3/t13-,14+,15?,16+,17+/m1/s1. The third kappa shape index (κ3) is 1.85. The van der Waals surface area contributed by atoms with Crippen molar-refractivity contribution in [3.63, 3.8) is 0 Å². The average molecular weight is 260 g/mol. The maximum absolute atomic E-state index is 10.6. The molecule has 104 valence electrons. The first-order chi connectivity index (χ1) is 8.99. The van der Waals surface area contributed by atoms with E-state index >= 15 is 0 Å². The predicted octanol–water partition coefficient (Wildman–Crippen LogP) is 3.36. The maximum Gasteiger partial charge on any atom is 0.0686 e. The van der Waals surface area contributed by atoms with Crippen LogP contribution in [-0.2, 0) is 4.74 Å². The van der Waals surface area contributed by atoms with E-state index in [9.17, 15) is 5.11 Å². The number of rotatable bonds is 2. The maximum atomic E-state index is 10.6. The van der Waals surface area contributed by atoms with Gasteiger partial charge >= 0.3 is 0 Å². The van der Waals surface area contributed by atoms with Gasteiger partial charge in [-0.3, -0.25) is 0 Å². The number of benzene rings is 1. The van der Waals surface area contributed by atoms with Gasteiger partial charge in [-0.25, -0.2) is 0 Å². The molecule has 1 unspecified atom stereocenters. The van der Waals surface area contributed by atoms with Gasteiger partial charge in [0, 0.05) is 12.5 Å². The van der Waals surface area contributed by atoms with E-state index in [1.807, 2.05) is 7.11 Å². The number of hydrogen-bond donors (Lipinski definition) is 1. The molecule has 2 heteroatoms. The highest BCUT2D eigenvalue weighted by Crippen LogP contribution is 2.61. The zero-order valence-corrected chi connectivity index (χ0v) is 12.1. The zero-order valence-electron chi connectivity index (χ0n) is 12.1. The van der Waals surface area contributed by atoms with E-state index < -0.39 is 0 Å². The smallest absolute Gasteiger partial charge is 0.0686 e. The molecule has 5 atom stereocenters. The minimum Gasteiger partial charge on any atom is -0.393 e. The topological polar surface area (TPSA) is 29.5 Å². The summed E-state index contributed by atoms with van der Waals surface area (Å²) >= 11 is 0. The summed E-state index contributed by atoms with van der Waals surface area (Å²) in [4.78, 5) is 0. The summed E-state index contributed by atoms with van der Waals surface area (Å²) < 4.78 is 5.80. The average Bonchev–Trinajstić information content (AvgIpc) is 2.41. The Morgan fingerprint density at radius 3 is 2.47 bits per heavy atom. The minimum absolute atomic E-state index is 0.0686. The van der Waals surface area contributed by atoms with Crippen LogP contribution in [0.1, 0.15) is 44.6 Å². The lowest BCUT2D eigenvalue weighted by atomic mass is 9.48. The van der Waals surface area contributed by atoms with Crippen LogP contribution < -0.4 is 0 Å². The first-order valence-electron chi connectivity index (χ1n) is 7.28. The second kappa shape index (κ2) is 4.32. The van der Waals surface area contributed by atoms with Crippen molar-refractivity contribution in [2.75, 3.05) is 7.11 Å². The van der Waals surface area contributed by atoms with Crippen LogP contribution in [-0.4, -0.2) is 23.9 Å². The fourth-order valence-corrected chi connectivity index (χ4v) is 4.50. The SMILES string of the molecule is CO[C@@]1(C)C[C@]2(C)C(O)C[C@H]1C[C@H]2c1ccccc1. The van der Waals surface area contributed by atoms with E-state index in [-0.39, 0.29) is 17.1 Å². The quantitative estimate of drug-likeness (QED) is 0.883. The second-order valence-corrected chi connectivity index (χ2v) is 6.85. The molecule has 2 bridgehead atoms. The van der Waals surface area contributed by atoms with Gasteiger partial charge in [-0.1, -0.05) is 37.3 Å². The van der Waals surface area contributed by atoms with Crippen LogP contribution in [0.3, 0.4) is 0 Å². The van der Waals surface area contributed by atoms with Crippen molar-refractivity contribution in [2.24, 2.45) is 11.3 Å². The summed E-state index contributed by atoms with van der Waals surface area (Å²) in [7, 11) is 1.81. The zero-order chi connectivity index (χ0) is 13.7. The normalized spacial score (nSPS) is 45.4. The predicted molar refractivity (Wildman–Crippen MR) is 76.1 cm³/mol. The van der Waals surface area contributed by atoms with Crippen molar-refractivity contribution in [1.29, 1.82) is 0 Å². The molecule has 3 aliphatic rings. The van der Waals surface area contributed by atoms with Gasteiger partial charge in [-0.2, -0.15) is 0 Å². The summed E-state index contributed by atoms with van der Waals surface area (Å²) in [6, 6.07) is 10.7. The molecule has 2 nitrogen and oxygen atoms in total. The highest BCUT2D eigenvalue weighted by atomic mass is 16.5. The van der Waals surface area contributed by atoms with Gasteiger partial charge < -0.3 is 9.84 Å². The van der Waals surface area contributed by atoms with Crippen molar-refractivity contribution in [1.82, 2.24) is 0 Å². The Morgan fingerprint density at radius 2 is 1.84 bits per heavy atom. The van der Waals surface area contributed by atoms with Gasteiger partial charge in [0.25, 0.3) is 0 Å². The second-order valence-electron chi connectivity index (χ2n) is 6.85. The summed E-state index contributed by atoms with van der Waals surface area (Å²) in [6.45, 7) is 4.45. The summed E-state index contributed by atoms with van der Waals surface area (Å²) in [5.74, 6) is 0.908. The van der Waals surface area contributed by atoms with E-state index in [2.05, 4.69) is 44.2 Å². The van der Waals surface area contributed by atoms with Crippen LogP contribution >= 0.6 is 0 Å². The fraction of sp³-hybridized carbons (Fsp3) is 0.647. The Kier molecular flexibility index (Phi) is 2.99. The van der Waals surface area contributed by atoms with Crippen molar-refractivity contribution in [3.05, 3.63) is 35.9 Å². The van der Waals surface area contributed by atoms with Gasteiger partial charge in [0.05, 0.1) is 11.7 Å². The lowest BCUT2D eigenvalue weighted by Crippen LogP contribution is -2.60. The number of fused-ring (bicyclic) bond motifs is 3. The Labute approximate surface area is 115 Å². The Balaban J connectivity index is 1.99. The molecule has 1 N–H and O–H groups in total. The van der Waals surface area contributed by atoms with E-state index in [1.54, 1.807) is 0 Å². The summed E-state index contributed by atoms with van der Waals surface area (Å²) in [6.07, 6.45) is 2.74. The van der Waals surface area contributed by atoms with Crippen LogP contribution in [0.5, 0.6) is 0 Å². The highest BCUT2D eigenvalue weighted by molar-refractivity contribution is 5.27. The molecule has 3 saturated carbocycles. The molecule has 0 aromatic heterocycles. The van der Waals surface area contributed by atoms with Gasteiger partial charge in [0.2, 0.25) is 0 Å². The lowest BCUT2D eigenvalue weighted by Gasteiger charge is -2.60. The molecule has 0 heterocycles. The van der Waals surface area contributed by atoms with Crippen molar-refractivity contribution >= 4 is 0 Å². The molecule has 1 aromatic rings. The molecule has 4 rings (SSSR count). The minimum atomic E-state index is -0.209. The van der Waals surface area contributed by atoms with Crippen molar-refractivity contribution < 1.29 is 9.84 Å². The molecule has 0 spiro atoms. The van der Waals surface area contributed by atoms with Crippen LogP contribution in [0.2, 0.25) is 0 Å². The largest absolute Gasteiger partial charge is 0.393 e. The summed E-state index contributed by atoms with van der Waals surface area (Å²) in [5.41, 5.74) is 1.23. The number of aliphatic hydroxyl groups is 1. The van der Waals surface area contributed by atoms with Crippen LogP contribution in [0.15, 0.2) is 30.3 Å².